The molecule has 1 aliphatic heterocycles. The van der Waals surface area contributed by atoms with Crippen LogP contribution >= 0.6 is 0 Å². The van der Waals surface area contributed by atoms with Crippen LogP contribution < -0.4 is 5.32 Å². The quantitative estimate of drug-likeness (QED) is 0.744. The van der Waals surface area contributed by atoms with Gasteiger partial charge in [-0.05, 0) is 30.5 Å². The predicted octanol–water partition coefficient (Wildman–Crippen LogP) is 3.39. The molecule has 1 aromatic rings. The Labute approximate surface area is 158 Å². The average molecular weight is 374 g/mol. The van der Waals surface area contributed by atoms with Gasteiger partial charge in [0, 0.05) is 18.7 Å². The lowest BCUT2D eigenvalue weighted by molar-refractivity contribution is -0.152. The highest BCUT2D eigenvalue weighted by Gasteiger charge is 2.40. The molecule has 0 spiro atoms. The summed E-state index contributed by atoms with van der Waals surface area (Å²) in [5.74, 6) is -1.14. The lowest BCUT2D eigenvalue weighted by Crippen LogP contribution is -2.35. The molecule has 27 heavy (non-hydrogen) atoms. The van der Waals surface area contributed by atoms with Crippen LogP contribution in [0, 0.1) is 5.41 Å². The van der Waals surface area contributed by atoms with Crippen LogP contribution in [0.4, 0.5) is 10.5 Å². The van der Waals surface area contributed by atoms with E-state index >= 15 is 0 Å². The van der Waals surface area contributed by atoms with Gasteiger partial charge in [-0.1, -0.05) is 37.8 Å². The second kappa shape index (κ2) is 8.41. The molecule has 0 bridgehead atoms. The normalized spacial score (nSPS) is 19.3. The number of benzene rings is 1. The van der Waals surface area contributed by atoms with Gasteiger partial charge in [0.05, 0.1) is 12.0 Å². The lowest BCUT2D eigenvalue weighted by atomic mass is 9.77. The molecule has 0 radical (unpaired) electrons. The van der Waals surface area contributed by atoms with Crippen LogP contribution in [0.2, 0.25) is 0 Å². The molecule has 2 fully saturated rings. The van der Waals surface area contributed by atoms with Crippen LogP contribution in [0.25, 0.3) is 0 Å². The summed E-state index contributed by atoms with van der Waals surface area (Å²) in [4.78, 5) is 37.4. The first-order chi connectivity index (χ1) is 13.0. The number of carboxylic acids is 1. The summed E-state index contributed by atoms with van der Waals surface area (Å²) in [5, 5.41) is 12.5. The van der Waals surface area contributed by atoms with Crippen molar-refractivity contribution < 1.29 is 24.2 Å². The fraction of sp³-hybridized carbons (Fsp3) is 0.550. The first-order valence-corrected chi connectivity index (χ1v) is 9.52. The van der Waals surface area contributed by atoms with Crippen molar-refractivity contribution in [3.63, 3.8) is 0 Å². The van der Waals surface area contributed by atoms with Gasteiger partial charge < -0.3 is 20.1 Å². The molecule has 1 heterocycles. The van der Waals surface area contributed by atoms with Gasteiger partial charge in [-0.25, -0.2) is 4.79 Å². The molecule has 1 saturated heterocycles. The molecule has 0 unspecified atom stereocenters. The summed E-state index contributed by atoms with van der Waals surface area (Å²) in [6.07, 6.45) is 4.58. The second-order valence-corrected chi connectivity index (χ2v) is 7.46. The van der Waals surface area contributed by atoms with Crippen molar-refractivity contribution in [1.82, 2.24) is 4.90 Å². The van der Waals surface area contributed by atoms with Crippen molar-refractivity contribution in [1.29, 1.82) is 0 Å². The first-order valence-electron chi connectivity index (χ1n) is 9.52. The SMILES string of the molecule is O=C(CC1(C(=O)O)CCCCCC1)Nc1ccc(CN2CCOC2=O)cc1. The fourth-order valence-corrected chi connectivity index (χ4v) is 3.87. The Hall–Kier alpha value is -2.57. The van der Waals surface area contributed by atoms with Gasteiger partial charge in [0.2, 0.25) is 5.91 Å². The van der Waals surface area contributed by atoms with E-state index in [0.717, 1.165) is 31.2 Å². The standard InChI is InChI=1S/C20H26N2O5/c23-17(13-20(18(24)25)9-3-1-2-4-10-20)21-16-7-5-15(6-8-16)14-22-11-12-27-19(22)26/h5-8H,1-4,9-14H2,(H,21,23)(H,24,25). The molecule has 7 heteroatoms. The summed E-state index contributed by atoms with van der Waals surface area (Å²) in [7, 11) is 0. The third-order valence-electron chi connectivity index (χ3n) is 5.47. The van der Waals surface area contributed by atoms with Crippen LogP contribution in [0.3, 0.4) is 0 Å². The van der Waals surface area contributed by atoms with Gasteiger partial charge in [-0.15, -0.1) is 0 Å². The molecule has 2 amide bonds. The van der Waals surface area contributed by atoms with Gasteiger partial charge in [0.1, 0.15) is 6.61 Å². The van der Waals surface area contributed by atoms with Gasteiger partial charge in [0.25, 0.3) is 0 Å². The van der Waals surface area contributed by atoms with E-state index < -0.39 is 11.4 Å². The van der Waals surface area contributed by atoms with E-state index in [1.165, 1.54) is 0 Å². The molecular weight excluding hydrogens is 348 g/mol. The Balaban J connectivity index is 1.58. The average Bonchev–Trinajstić information content (AvgIpc) is 2.89. The minimum absolute atomic E-state index is 0.00367. The summed E-state index contributed by atoms with van der Waals surface area (Å²) >= 11 is 0. The second-order valence-electron chi connectivity index (χ2n) is 7.46. The maximum absolute atomic E-state index is 12.5. The van der Waals surface area contributed by atoms with Crippen molar-refractivity contribution >= 4 is 23.7 Å². The van der Waals surface area contributed by atoms with E-state index in [-0.39, 0.29) is 18.4 Å². The van der Waals surface area contributed by atoms with Gasteiger partial charge in [-0.2, -0.15) is 0 Å². The Bertz CT molecular complexity index is 693. The summed E-state index contributed by atoms with van der Waals surface area (Å²) in [6.45, 7) is 1.46. The minimum Gasteiger partial charge on any atom is -0.481 e. The van der Waals surface area contributed by atoms with Gasteiger partial charge >= 0.3 is 12.1 Å². The highest BCUT2D eigenvalue weighted by atomic mass is 16.6. The van der Waals surface area contributed by atoms with Crippen LogP contribution in [0.5, 0.6) is 0 Å². The Morgan fingerprint density at radius 1 is 1.11 bits per heavy atom. The van der Waals surface area contributed by atoms with Crippen molar-refractivity contribution in [2.24, 2.45) is 5.41 Å². The van der Waals surface area contributed by atoms with Crippen LogP contribution in [0.1, 0.15) is 50.5 Å². The Kier molecular flexibility index (Phi) is 5.98. The molecule has 7 nitrogen and oxygen atoms in total. The maximum Gasteiger partial charge on any atom is 0.410 e. The number of hydrogen-bond donors (Lipinski definition) is 2. The minimum atomic E-state index is -0.948. The molecule has 1 saturated carbocycles. The van der Waals surface area contributed by atoms with Crippen LogP contribution in [0.15, 0.2) is 24.3 Å². The lowest BCUT2D eigenvalue weighted by Gasteiger charge is -2.27. The van der Waals surface area contributed by atoms with Crippen molar-refractivity contribution in [2.75, 3.05) is 18.5 Å². The number of carbonyl (C=O) groups excluding carboxylic acids is 2. The third-order valence-corrected chi connectivity index (χ3v) is 5.47. The Morgan fingerprint density at radius 2 is 1.78 bits per heavy atom. The molecular formula is C20H26N2O5. The number of carboxylic acid groups (broad SMARTS) is 1. The number of aliphatic carboxylic acids is 1. The molecule has 1 aliphatic carbocycles. The number of carbonyl (C=O) groups is 3. The van der Waals surface area contributed by atoms with E-state index in [1.807, 2.05) is 12.1 Å². The molecule has 2 aliphatic rings. The molecule has 0 aromatic heterocycles. The number of nitrogens with one attached hydrogen (secondary N) is 1. The fourth-order valence-electron chi connectivity index (χ4n) is 3.87. The van der Waals surface area contributed by atoms with Crippen molar-refractivity contribution in [3.8, 4) is 0 Å². The first kappa shape index (κ1) is 19.2. The van der Waals surface area contributed by atoms with Crippen molar-refractivity contribution in [3.05, 3.63) is 29.8 Å². The molecule has 3 rings (SSSR count). The largest absolute Gasteiger partial charge is 0.481 e. The highest BCUT2D eigenvalue weighted by molar-refractivity contribution is 5.94. The summed E-state index contributed by atoms with van der Waals surface area (Å²) in [6, 6.07) is 7.24. The number of ether oxygens (including phenoxy) is 1. The van der Waals surface area contributed by atoms with E-state index in [4.69, 9.17) is 4.74 Å². The zero-order chi connectivity index (χ0) is 19.3. The van der Waals surface area contributed by atoms with Gasteiger partial charge in [0.15, 0.2) is 0 Å². The smallest absolute Gasteiger partial charge is 0.410 e. The molecule has 0 atom stereocenters. The number of rotatable bonds is 6. The topological polar surface area (TPSA) is 95.9 Å². The van der Waals surface area contributed by atoms with Crippen LogP contribution in [-0.2, 0) is 20.9 Å². The maximum atomic E-state index is 12.5. The van der Waals surface area contributed by atoms with E-state index in [9.17, 15) is 19.5 Å². The summed E-state index contributed by atoms with van der Waals surface area (Å²) in [5.41, 5.74) is 0.621. The van der Waals surface area contributed by atoms with E-state index in [1.54, 1.807) is 17.0 Å². The number of amides is 2. The molecule has 146 valence electrons. The monoisotopic (exact) mass is 374 g/mol. The van der Waals surface area contributed by atoms with E-state index in [0.29, 0.717) is 38.2 Å². The molecule has 2 N–H and O–H groups in total. The van der Waals surface area contributed by atoms with Crippen LogP contribution in [-0.4, -0.2) is 41.1 Å². The number of hydrogen-bond acceptors (Lipinski definition) is 4. The Morgan fingerprint density at radius 3 is 2.33 bits per heavy atom. The predicted molar refractivity (Wildman–Crippen MR) is 99.2 cm³/mol. The third kappa shape index (κ3) is 4.78. The van der Waals surface area contributed by atoms with Crippen molar-refractivity contribution in [2.45, 2.75) is 51.5 Å². The molecule has 1 aromatic carbocycles. The van der Waals surface area contributed by atoms with E-state index in [2.05, 4.69) is 5.32 Å². The number of cyclic esters (lactones) is 1. The summed E-state index contributed by atoms with van der Waals surface area (Å²) < 4.78 is 4.91. The zero-order valence-electron chi connectivity index (χ0n) is 15.4. The number of nitrogens with zero attached hydrogens (tertiary/aromatic N) is 1. The zero-order valence-corrected chi connectivity index (χ0v) is 15.4. The van der Waals surface area contributed by atoms with Gasteiger partial charge in [-0.3, -0.25) is 9.59 Å². The number of anilines is 1. The highest BCUT2D eigenvalue weighted by Crippen LogP contribution is 2.38.